The van der Waals surface area contributed by atoms with Gasteiger partial charge in [-0.15, -0.1) is 0 Å². The molecule has 2 aliphatic heterocycles. The molecule has 0 radical (unpaired) electrons. The minimum Gasteiger partial charge on any atom is -0.396 e. The van der Waals surface area contributed by atoms with Crippen LogP contribution in [0.1, 0.15) is 46.0 Å². The second-order valence-corrected chi connectivity index (χ2v) is 7.79. The van der Waals surface area contributed by atoms with Crippen molar-refractivity contribution in [2.75, 3.05) is 45.9 Å². The number of nitrogens with zero attached hydrogens (tertiary/aromatic N) is 2. The van der Waals surface area contributed by atoms with Gasteiger partial charge < -0.3 is 20.2 Å². The third-order valence-corrected chi connectivity index (χ3v) is 5.34. The Balaban J connectivity index is 1.62. The third-order valence-electron chi connectivity index (χ3n) is 5.34. The Morgan fingerprint density at radius 3 is 2.57 bits per heavy atom. The van der Waals surface area contributed by atoms with Crippen molar-refractivity contribution in [3.8, 4) is 0 Å². The lowest BCUT2D eigenvalue weighted by atomic mass is 9.96. The predicted molar refractivity (Wildman–Crippen MR) is 93.4 cm³/mol. The number of carbonyl (C=O) groups excluding carboxylic acids is 1. The minimum atomic E-state index is 0.0605. The highest BCUT2D eigenvalue weighted by atomic mass is 16.3. The van der Waals surface area contributed by atoms with Crippen molar-refractivity contribution in [2.45, 2.75) is 46.0 Å². The number of rotatable bonds is 6. The molecule has 0 aromatic rings. The molecule has 2 amide bonds. The fraction of sp³-hybridized carbons (Fsp3) is 0.944. The van der Waals surface area contributed by atoms with Crippen LogP contribution >= 0.6 is 0 Å². The Kier molecular flexibility index (Phi) is 7.63. The number of aliphatic hydroxyl groups is 1. The molecule has 0 unspecified atom stereocenters. The molecule has 2 saturated heterocycles. The van der Waals surface area contributed by atoms with Crippen LogP contribution in [0.25, 0.3) is 0 Å². The zero-order valence-electron chi connectivity index (χ0n) is 15.0. The SMILES string of the molecule is CC(C)CCN1CCC(CNC(=O)N2CCC[C@@H](CO)C2)CC1. The summed E-state index contributed by atoms with van der Waals surface area (Å²) >= 11 is 0. The number of likely N-dealkylation sites (tertiary alicyclic amines) is 2. The van der Waals surface area contributed by atoms with E-state index in [1.54, 1.807) is 0 Å². The summed E-state index contributed by atoms with van der Waals surface area (Å²) in [6, 6.07) is 0.0605. The largest absolute Gasteiger partial charge is 0.396 e. The van der Waals surface area contributed by atoms with Crippen LogP contribution in [0, 0.1) is 17.8 Å². The number of amides is 2. The van der Waals surface area contributed by atoms with Gasteiger partial charge in [0.05, 0.1) is 0 Å². The molecule has 0 aliphatic carbocycles. The normalized spacial score (nSPS) is 24.2. The summed E-state index contributed by atoms with van der Waals surface area (Å²) in [5.74, 6) is 1.66. The maximum Gasteiger partial charge on any atom is 0.317 e. The van der Waals surface area contributed by atoms with Crippen molar-refractivity contribution in [1.29, 1.82) is 0 Å². The van der Waals surface area contributed by atoms with Crippen LogP contribution in [0.5, 0.6) is 0 Å². The van der Waals surface area contributed by atoms with Crippen LogP contribution in [0.3, 0.4) is 0 Å². The maximum atomic E-state index is 12.3. The molecular weight excluding hydrogens is 290 g/mol. The van der Waals surface area contributed by atoms with Crippen LogP contribution in [0.15, 0.2) is 0 Å². The minimum absolute atomic E-state index is 0.0605. The van der Waals surface area contributed by atoms with E-state index < -0.39 is 0 Å². The second-order valence-electron chi connectivity index (χ2n) is 7.79. The predicted octanol–water partition coefficient (Wildman–Crippen LogP) is 2.16. The van der Waals surface area contributed by atoms with Gasteiger partial charge in [-0.05, 0) is 69.5 Å². The Labute approximate surface area is 141 Å². The van der Waals surface area contributed by atoms with E-state index in [9.17, 15) is 9.90 Å². The number of piperidine rings is 2. The highest BCUT2D eigenvalue weighted by Gasteiger charge is 2.24. The first-order valence-corrected chi connectivity index (χ1v) is 9.44. The summed E-state index contributed by atoms with van der Waals surface area (Å²) in [6.07, 6.45) is 5.71. The number of hydrogen-bond donors (Lipinski definition) is 2. The van der Waals surface area contributed by atoms with E-state index in [0.29, 0.717) is 12.5 Å². The second kappa shape index (κ2) is 9.48. The van der Waals surface area contributed by atoms with Gasteiger partial charge in [-0.25, -0.2) is 4.79 Å². The zero-order valence-corrected chi connectivity index (χ0v) is 15.0. The molecule has 5 nitrogen and oxygen atoms in total. The van der Waals surface area contributed by atoms with Crippen LogP contribution < -0.4 is 5.32 Å². The molecule has 2 aliphatic rings. The molecule has 5 heteroatoms. The Morgan fingerprint density at radius 2 is 1.91 bits per heavy atom. The first-order valence-electron chi connectivity index (χ1n) is 9.44. The first-order chi connectivity index (χ1) is 11.1. The van der Waals surface area contributed by atoms with Gasteiger partial charge in [-0.1, -0.05) is 13.8 Å². The topological polar surface area (TPSA) is 55.8 Å². The molecule has 2 rings (SSSR count). The molecule has 0 aromatic carbocycles. The molecule has 0 bridgehead atoms. The van der Waals surface area contributed by atoms with Gasteiger partial charge in [-0.3, -0.25) is 0 Å². The van der Waals surface area contributed by atoms with Crippen LogP contribution in [0.4, 0.5) is 4.79 Å². The van der Waals surface area contributed by atoms with E-state index in [1.165, 1.54) is 38.9 Å². The number of nitrogens with one attached hydrogen (secondary N) is 1. The van der Waals surface area contributed by atoms with Gasteiger partial charge >= 0.3 is 6.03 Å². The van der Waals surface area contributed by atoms with Crippen molar-refractivity contribution >= 4 is 6.03 Å². The number of urea groups is 1. The summed E-state index contributed by atoms with van der Waals surface area (Å²) in [6.45, 7) is 10.6. The molecular formula is C18H35N3O2. The summed E-state index contributed by atoms with van der Waals surface area (Å²) in [7, 11) is 0. The third kappa shape index (κ3) is 6.30. The Bertz CT molecular complexity index is 354. The molecule has 1 atom stereocenters. The Hall–Kier alpha value is -0.810. The average molecular weight is 325 g/mol. The zero-order chi connectivity index (χ0) is 16.7. The van der Waals surface area contributed by atoms with E-state index in [4.69, 9.17) is 0 Å². The summed E-state index contributed by atoms with van der Waals surface area (Å²) in [5, 5.41) is 12.4. The van der Waals surface area contributed by atoms with Crippen molar-refractivity contribution in [3.63, 3.8) is 0 Å². The lowest BCUT2D eigenvalue weighted by Gasteiger charge is -2.34. The standard InChI is InChI=1S/C18H35N3O2/c1-15(2)5-9-20-10-6-16(7-11-20)12-19-18(23)21-8-3-4-17(13-21)14-22/h15-17,22H,3-14H2,1-2H3,(H,19,23)/t17-/m1/s1. The molecule has 2 heterocycles. The molecule has 2 N–H and O–H groups in total. The van der Waals surface area contributed by atoms with E-state index in [2.05, 4.69) is 24.1 Å². The molecule has 0 spiro atoms. The maximum absolute atomic E-state index is 12.3. The summed E-state index contributed by atoms with van der Waals surface area (Å²) in [4.78, 5) is 16.7. The van der Waals surface area contributed by atoms with Crippen LogP contribution in [-0.4, -0.2) is 66.8 Å². The van der Waals surface area contributed by atoms with Crippen LogP contribution in [-0.2, 0) is 0 Å². The molecule has 0 saturated carbocycles. The molecule has 2 fully saturated rings. The number of aliphatic hydroxyl groups excluding tert-OH is 1. The lowest BCUT2D eigenvalue weighted by Crippen LogP contribution is -2.48. The van der Waals surface area contributed by atoms with Gasteiger partial charge in [0, 0.05) is 26.2 Å². The summed E-state index contributed by atoms with van der Waals surface area (Å²) < 4.78 is 0. The summed E-state index contributed by atoms with van der Waals surface area (Å²) in [5.41, 5.74) is 0. The van der Waals surface area contributed by atoms with E-state index in [0.717, 1.165) is 31.8 Å². The van der Waals surface area contributed by atoms with Gasteiger partial charge in [0.1, 0.15) is 0 Å². The van der Waals surface area contributed by atoms with Crippen molar-refractivity contribution in [1.82, 2.24) is 15.1 Å². The van der Waals surface area contributed by atoms with Gasteiger partial charge in [0.25, 0.3) is 0 Å². The molecule has 23 heavy (non-hydrogen) atoms. The highest BCUT2D eigenvalue weighted by molar-refractivity contribution is 5.74. The fourth-order valence-electron chi connectivity index (χ4n) is 3.60. The highest BCUT2D eigenvalue weighted by Crippen LogP contribution is 2.18. The molecule has 134 valence electrons. The van der Waals surface area contributed by atoms with Crippen molar-refractivity contribution in [2.24, 2.45) is 17.8 Å². The Morgan fingerprint density at radius 1 is 1.17 bits per heavy atom. The quantitative estimate of drug-likeness (QED) is 0.787. The van der Waals surface area contributed by atoms with Gasteiger partial charge in [0.15, 0.2) is 0 Å². The average Bonchev–Trinajstić information content (AvgIpc) is 2.58. The number of hydrogen-bond acceptors (Lipinski definition) is 3. The van der Waals surface area contributed by atoms with Gasteiger partial charge in [0.2, 0.25) is 0 Å². The van der Waals surface area contributed by atoms with Crippen LogP contribution in [0.2, 0.25) is 0 Å². The van der Waals surface area contributed by atoms with E-state index in [-0.39, 0.29) is 18.6 Å². The molecule has 0 aromatic heterocycles. The first kappa shape index (κ1) is 18.5. The monoisotopic (exact) mass is 325 g/mol. The van der Waals surface area contributed by atoms with Gasteiger partial charge in [-0.2, -0.15) is 0 Å². The smallest absolute Gasteiger partial charge is 0.317 e. The van der Waals surface area contributed by atoms with Crippen molar-refractivity contribution < 1.29 is 9.90 Å². The van der Waals surface area contributed by atoms with Crippen molar-refractivity contribution in [3.05, 3.63) is 0 Å². The lowest BCUT2D eigenvalue weighted by molar-refractivity contribution is 0.126. The fourth-order valence-corrected chi connectivity index (χ4v) is 3.60. The number of carbonyl (C=O) groups is 1. The van der Waals surface area contributed by atoms with E-state index >= 15 is 0 Å². The van der Waals surface area contributed by atoms with E-state index in [1.807, 2.05) is 4.90 Å².